The number of rotatable bonds is 5. The Kier molecular flexibility index (Phi) is 5.21. The molecule has 0 spiro atoms. The lowest BCUT2D eigenvalue weighted by Gasteiger charge is -2.18. The highest BCUT2D eigenvalue weighted by atomic mass is 19.1. The lowest BCUT2D eigenvalue weighted by molar-refractivity contribution is -0.137. The predicted molar refractivity (Wildman–Crippen MR) is 97.0 cm³/mol. The third-order valence-corrected chi connectivity index (χ3v) is 4.57. The number of aliphatic carboxylic acids is 1. The van der Waals surface area contributed by atoms with E-state index in [1.807, 2.05) is 0 Å². The first-order valence-corrected chi connectivity index (χ1v) is 8.54. The van der Waals surface area contributed by atoms with Crippen molar-refractivity contribution in [2.45, 2.75) is 25.8 Å². The normalized spacial score (nSPS) is 13.8. The minimum absolute atomic E-state index is 0.0521. The Balaban J connectivity index is 1.81. The number of halogens is 1. The van der Waals surface area contributed by atoms with Gasteiger partial charge in [-0.1, -0.05) is 12.1 Å². The summed E-state index contributed by atoms with van der Waals surface area (Å²) in [7, 11) is 0. The Morgan fingerprint density at radius 1 is 1.19 bits per heavy atom. The van der Waals surface area contributed by atoms with Crippen molar-refractivity contribution in [3.05, 3.63) is 65.0 Å². The van der Waals surface area contributed by atoms with Crippen molar-refractivity contribution in [2.75, 3.05) is 11.4 Å². The second-order valence-electron chi connectivity index (χ2n) is 6.44. The lowest BCUT2D eigenvalue weighted by atomic mass is 10.0. The van der Waals surface area contributed by atoms with Gasteiger partial charge in [-0.25, -0.2) is 4.39 Å². The molecule has 1 aliphatic heterocycles. The Labute approximate surface area is 155 Å². The maximum atomic E-state index is 13.1. The van der Waals surface area contributed by atoms with E-state index in [9.17, 15) is 18.8 Å². The average molecular weight is 370 g/mol. The molecule has 0 saturated heterocycles. The van der Waals surface area contributed by atoms with Crippen LogP contribution in [0.25, 0.3) is 0 Å². The first-order chi connectivity index (χ1) is 12.8. The maximum Gasteiger partial charge on any atom is 0.305 e. The van der Waals surface area contributed by atoms with E-state index in [-0.39, 0.29) is 12.3 Å². The number of nitrogens with zero attached hydrogens (tertiary/aromatic N) is 1. The predicted octanol–water partition coefficient (Wildman–Crippen LogP) is 2.68. The summed E-state index contributed by atoms with van der Waals surface area (Å²) in [5.74, 6) is -1.98. The SMILES string of the molecule is CC(=O)N1CCc2cc(C(=O)N[C@H](CC(=O)O)c3ccc(F)cc3)ccc21. The number of carbonyl (C=O) groups excluding carboxylic acids is 2. The van der Waals surface area contributed by atoms with Crippen LogP contribution in [0.4, 0.5) is 10.1 Å². The quantitative estimate of drug-likeness (QED) is 0.847. The zero-order valence-corrected chi connectivity index (χ0v) is 14.7. The molecular weight excluding hydrogens is 351 g/mol. The first-order valence-electron chi connectivity index (χ1n) is 8.54. The molecule has 27 heavy (non-hydrogen) atoms. The number of amides is 2. The number of nitrogens with one attached hydrogen (secondary N) is 1. The standard InChI is InChI=1S/C20H19FN2O4/c1-12(24)23-9-8-14-10-15(4-7-18(14)23)20(27)22-17(11-19(25)26)13-2-5-16(21)6-3-13/h2-7,10,17H,8-9,11H2,1H3,(H,22,27)(H,25,26)/t17-/m1/s1. The highest BCUT2D eigenvalue weighted by molar-refractivity contribution is 5.98. The van der Waals surface area contributed by atoms with Gasteiger partial charge in [0.1, 0.15) is 5.82 Å². The molecule has 0 unspecified atom stereocenters. The van der Waals surface area contributed by atoms with Crippen LogP contribution in [0.1, 0.15) is 40.9 Å². The van der Waals surface area contributed by atoms with Gasteiger partial charge in [0.25, 0.3) is 5.91 Å². The number of fused-ring (bicyclic) bond motifs is 1. The van der Waals surface area contributed by atoms with Gasteiger partial charge < -0.3 is 15.3 Å². The minimum atomic E-state index is -1.07. The lowest BCUT2D eigenvalue weighted by Crippen LogP contribution is -2.30. The van der Waals surface area contributed by atoms with E-state index in [1.54, 1.807) is 23.1 Å². The van der Waals surface area contributed by atoms with E-state index < -0.39 is 23.7 Å². The minimum Gasteiger partial charge on any atom is -0.481 e. The third kappa shape index (κ3) is 4.13. The number of benzene rings is 2. The molecule has 1 heterocycles. The molecule has 1 atom stereocenters. The monoisotopic (exact) mass is 370 g/mol. The molecule has 7 heteroatoms. The highest BCUT2D eigenvalue weighted by Crippen LogP contribution is 2.29. The largest absolute Gasteiger partial charge is 0.481 e. The van der Waals surface area contributed by atoms with Crippen LogP contribution in [-0.2, 0) is 16.0 Å². The Morgan fingerprint density at radius 2 is 1.89 bits per heavy atom. The number of hydrogen-bond donors (Lipinski definition) is 2. The molecule has 0 saturated carbocycles. The van der Waals surface area contributed by atoms with Gasteiger partial charge in [-0.2, -0.15) is 0 Å². The van der Waals surface area contributed by atoms with Crippen molar-refractivity contribution < 1.29 is 23.9 Å². The van der Waals surface area contributed by atoms with Crippen molar-refractivity contribution in [1.29, 1.82) is 0 Å². The summed E-state index contributed by atoms with van der Waals surface area (Å²) in [6.07, 6.45) is 0.340. The van der Waals surface area contributed by atoms with Crippen molar-refractivity contribution in [2.24, 2.45) is 0 Å². The number of carboxylic acids is 1. The molecule has 3 rings (SSSR count). The topological polar surface area (TPSA) is 86.7 Å². The maximum absolute atomic E-state index is 13.1. The van der Waals surface area contributed by atoms with Gasteiger partial charge in [-0.3, -0.25) is 14.4 Å². The Bertz CT molecular complexity index is 895. The fraction of sp³-hybridized carbons (Fsp3) is 0.250. The molecule has 2 aromatic carbocycles. The van der Waals surface area contributed by atoms with Crippen molar-refractivity contribution >= 4 is 23.5 Å². The van der Waals surface area contributed by atoms with Crippen LogP contribution in [-0.4, -0.2) is 29.4 Å². The van der Waals surface area contributed by atoms with E-state index in [4.69, 9.17) is 5.11 Å². The van der Waals surface area contributed by atoms with Crippen LogP contribution in [0.2, 0.25) is 0 Å². The van der Waals surface area contributed by atoms with Gasteiger partial charge in [-0.15, -0.1) is 0 Å². The summed E-state index contributed by atoms with van der Waals surface area (Å²) in [6, 6.07) is 9.63. The summed E-state index contributed by atoms with van der Waals surface area (Å²) in [6.45, 7) is 2.07. The Morgan fingerprint density at radius 3 is 2.52 bits per heavy atom. The number of carbonyl (C=O) groups is 3. The molecule has 6 nitrogen and oxygen atoms in total. The fourth-order valence-corrected chi connectivity index (χ4v) is 3.23. The first kappa shape index (κ1) is 18.6. The van der Waals surface area contributed by atoms with Gasteiger partial charge in [0.15, 0.2) is 0 Å². The van der Waals surface area contributed by atoms with Crippen LogP contribution in [0.15, 0.2) is 42.5 Å². The molecule has 2 amide bonds. The fourth-order valence-electron chi connectivity index (χ4n) is 3.23. The van der Waals surface area contributed by atoms with Crippen LogP contribution >= 0.6 is 0 Å². The van der Waals surface area contributed by atoms with Crippen LogP contribution in [0.5, 0.6) is 0 Å². The molecule has 2 N–H and O–H groups in total. The molecular formula is C20H19FN2O4. The van der Waals surface area contributed by atoms with Crippen LogP contribution in [0.3, 0.4) is 0 Å². The average Bonchev–Trinajstić information content (AvgIpc) is 3.04. The van der Waals surface area contributed by atoms with Gasteiger partial charge in [-0.05, 0) is 47.9 Å². The zero-order chi connectivity index (χ0) is 19.6. The van der Waals surface area contributed by atoms with Crippen LogP contribution in [0, 0.1) is 5.82 Å². The van der Waals surface area contributed by atoms with Gasteiger partial charge in [0, 0.05) is 24.7 Å². The van der Waals surface area contributed by atoms with Gasteiger partial charge in [0.2, 0.25) is 5.91 Å². The molecule has 0 radical (unpaired) electrons. The number of hydrogen-bond acceptors (Lipinski definition) is 3. The van der Waals surface area contributed by atoms with E-state index in [0.29, 0.717) is 24.1 Å². The van der Waals surface area contributed by atoms with Gasteiger partial charge in [0.05, 0.1) is 12.5 Å². The van der Waals surface area contributed by atoms with E-state index in [1.165, 1.54) is 31.2 Å². The summed E-state index contributed by atoms with van der Waals surface area (Å²) >= 11 is 0. The van der Waals surface area contributed by atoms with E-state index in [2.05, 4.69) is 5.32 Å². The molecule has 0 fully saturated rings. The second-order valence-corrected chi connectivity index (χ2v) is 6.44. The van der Waals surface area contributed by atoms with Crippen molar-refractivity contribution in [1.82, 2.24) is 5.32 Å². The molecule has 0 bridgehead atoms. The molecule has 0 aliphatic carbocycles. The smallest absolute Gasteiger partial charge is 0.305 e. The van der Waals surface area contributed by atoms with Crippen LogP contribution < -0.4 is 10.2 Å². The summed E-state index contributed by atoms with van der Waals surface area (Å²) in [4.78, 5) is 37.1. The number of anilines is 1. The molecule has 1 aliphatic rings. The number of carboxylic acid groups (broad SMARTS) is 1. The van der Waals surface area contributed by atoms with Crippen molar-refractivity contribution in [3.8, 4) is 0 Å². The Hall–Kier alpha value is -3.22. The van der Waals surface area contributed by atoms with Gasteiger partial charge >= 0.3 is 5.97 Å². The van der Waals surface area contributed by atoms with E-state index in [0.717, 1.165) is 11.3 Å². The third-order valence-electron chi connectivity index (χ3n) is 4.57. The zero-order valence-electron chi connectivity index (χ0n) is 14.7. The highest BCUT2D eigenvalue weighted by Gasteiger charge is 2.24. The molecule has 140 valence electrons. The summed E-state index contributed by atoms with van der Waals surface area (Å²) in [5.41, 5.74) is 2.59. The summed E-state index contributed by atoms with van der Waals surface area (Å²) in [5, 5.41) is 11.8. The second kappa shape index (κ2) is 7.57. The van der Waals surface area contributed by atoms with E-state index >= 15 is 0 Å². The molecule has 0 aromatic heterocycles. The van der Waals surface area contributed by atoms with Crippen molar-refractivity contribution in [3.63, 3.8) is 0 Å². The molecule has 2 aromatic rings. The summed E-state index contributed by atoms with van der Waals surface area (Å²) < 4.78 is 13.1.